The number of morpholine rings is 1. The number of carboxylic acids is 1. The summed E-state index contributed by atoms with van der Waals surface area (Å²) in [6.45, 7) is -0.481. The SMILES string of the molecule is O=C(NC(Cc1ccc(Br)c2c1COC2)C(=O)O)c1c(F)cc(N2CCOC[C@@H]2C(F)(F)F)cc1F. The number of carbonyl (C=O) groups is 2. The van der Waals surface area contributed by atoms with Crippen molar-refractivity contribution in [2.75, 3.05) is 24.7 Å². The van der Waals surface area contributed by atoms with E-state index in [1.807, 2.05) is 0 Å². The summed E-state index contributed by atoms with van der Waals surface area (Å²) >= 11 is 3.39. The molecule has 2 atom stereocenters. The minimum absolute atomic E-state index is 0.0802. The van der Waals surface area contributed by atoms with Gasteiger partial charge in [0.1, 0.15) is 29.3 Å². The lowest BCUT2D eigenvalue weighted by molar-refractivity contribution is -0.167. The van der Waals surface area contributed by atoms with Crippen molar-refractivity contribution < 1.29 is 46.1 Å². The van der Waals surface area contributed by atoms with Crippen molar-refractivity contribution in [3.63, 3.8) is 0 Å². The molecule has 0 saturated carbocycles. The van der Waals surface area contributed by atoms with Crippen LogP contribution in [0.25, 0.3) is 0 Å². The highest BCUT2D eigenvalue weighted by atomic mass is 79.9. The minimum Gasteiger partial charge on any atom is -0.480 e. The van der Waals surface area contributed by atoms with Gasteiger partial charge in [0.25, 0.3) is 5.91 Å². The second kappa shape index (κ2) is 10.3. The van der Waals surface area contributed by atoms with Gasteiger partial charge in [-0.05, 0) is 34.9 Å². The largest absolute Gasteiger partial charge is 0.480 e. The number of nitrogens with one attached hydrogen (secondary N) is 1. The van der Waals surface area contributed by atoms with Crippen LogP contribution in [0, 0.1) is 11.6 Å². The normalized spacial score (nSPS) is 18.6. The highest BCUT2D eigenvalue weighted by molar-refractivity contribution is 9.10. The van der Waals surface area contributed by atoms with Crippen molar-refractivity contribution in [1.82, 2.24) is 5.32 Å². The predicted octanol–water partition coefficient (Wildman–Crippen LogP) is 3.95. The number of fused-ring (bicyclic) bond motifs is 1. The van der Waals surface area contributed by atoms with Crippen LogP contribution in [0.2, 0.25) is 0 Å². The molecule has 1 saturated heterocycles. The van der Waals surface area contributed by atoms with Gasteiger partial charge in [-0.2, -0.15) is 13.2 Å². The zero-order chi connectivity index (χ0) is 26.2. The smallest absolute Gasteiger partial charge is 0.411 e. The van der Waals surface area contributed by atoms with Gasteiger partial charge in [0, 0.05) is 23.1 Å². The monoisotopic (exact) mass is 578 g/mol. The molecule has 4 rings (SSSR count). The minimum atomic E-state index is -4.71. The molecule has 2 aliphatic rings. The van der Waals surface area contributed by atoms with Gasteiger partial charge in [-0.25, -0.2) is 13.6 Å². The van der Waals surface area contributed by atoms with Crippen molar-refractivity contribution in [1.29, 1.82) is 0 Å². The van der Waals surface area contributed by atoms with Crippen LogP contribution in [-0.2, 0) is 33.9 Å². The van der Waals surface area contributed by atoms with Crippen LogP contribution < -0.4 is 10.2 Å². The number of halogens is 6. The number of hydrogen-bond donors (Lipinski definition) is 2. The molecular weight excluding hydrogens is 559 g/mol. The molecule has 2 aromatic carbocycles. The summed E-state index contributed by atoms with van der Waals surface area (Å²) in [5.41, 5.74) is 0.686. The Morgan fingerprint density at radius 1 is 1.14 bits per heavy atom. The van der Waals surface area contributed by atoms with Crippen molar-refractivity contribution in [2.24, 2.45) is 0 Å². The zero-order valence-electron chi connectivity index (χ0n) is 18.5. The summed E-state index contributed by atoms with van der Waals surface area (Å²) < 4.78 is 80.8. The Bertz CT molecular complexity index is 1170. The topological polar surface area (TPSA) is 88.1 Å². The number of anilines is 1. The maximum Gasteiger partial charge on any atom is 0.411 e. The molecule has 194 valence electrons. The lowest BCUT2D eigenvalue weighted by Crippen LogP contribution is -2.53. The highest BCUT2D eigenvalue weighted by Gasteiger charge is 2.46. The number of nitrogens with zero attached hydrogens (tertiary/aromatic N) is 1. The van der Waals surface area contributed by atoms with Crippen LogP contribution in [0.5, 0.6) is 0 Å². The molecule has 1 unspecified atom stereocenters. The van der Waals surface area contributed by atoms with Gasteiger partial charge >= 0.3 is 12.1 Å². The van der Waals surface area contributed by atoms with Crippen molar-refractivity contribution >= 4 is 33.5 Å². The van der Waals surface area contributed by atoms with E-state index in [0.29, 0.717) is 24.3 Å². The molecule has 2 aliphatic heterocycles. The van der Waals surface area contributed by atoms with E-state index in [0.717, 1.165) is 20.5 Å². The third kappa shape index (κ3) is 5.32. The molecule has 0 aliphatic carbocycles. The van der Waals surface area contributed by atoms with Gasteiger partial charge in [-0.1, -0.05) is 22.0 Å². The quantitative estimate of drug-likeness (QED) is 0.505. The van der Waals surface area contributed by atoms with Crippen LogP contribution in [0.15, 0.2) is 28.7 Å². The second-order valence-electron chi connectivity index (χ2n) is 8.33. The fraction of sp³-hybridized carbons (Fsp3) is 0.391. The average Bonchev–Trinajstić information content (AvgIpc) is 3.30. The molecule has 2 N–H and O–H groups in total. The lowest BCUT2D eigenvalue weighted by Gasteiger charge is -2.38. The molecule has 7 nitrogen and oxygen atoms in total. The Morgan fingerprint density at radius 2 is 1.81 bits per heavy atom. The summed E-state index contributed by atoms with van der Waals surface area (Å²) in [5.74, 6) is -5.62. The Kier molecular flexibility index (Phi) is 7.53. The van der Waals surface area contributed by atoms with Crippen LogP contribution in [-0.4, -0.2) is 55.0 Å². The van der Waals surface area contributed by atoms with E-state index in [1.165, 1.54) is 0 Å². The number of aliphatic carboxylic acids is 1. The van der Waals surface area contributed by atoms with Gasteiger partial charge in [0.05, 0.1) is 26.4 Å². The highest BCUT2D eigenvalue weighted by Crippen LogP contribution is 2.33. The van der Waals surface area contributed by atoms with E-state index in [4.69, 9.17) is 9.47 Å². The van der Waals surface area contributed by atoms with Gasteiger partial charge < -0.3 is 24.8 Å². The molecule has 13 heteroatoms. The first-order chi connectivity index (χ1) is 17.0. The van der Waals surface area contributed by atoms with E-state index in [2.05, 4.69) is 21.2 Å². The van der Waals surface area contributed by atoms with Gasteiger partial charge in [0.15, 0.2) is 0 Å². The van der Waals surface area contributed by atoms with Crippen molar-refractivity contribution in [2.45, 2.75) is 37.9 Å². The van der Waals surface area contributed by atoms with Crippen molar-refractivity contribution in [3.05, 3.63) is 62.6 Å². The van der Waals surface area contributed by atoms with Gasteiger partial charge in [-0.3, -0.25) is 4.79 Å². The fourth-order valence-electron chi connectivity index (χ4n) is 4.27. The molecule has 0 spiro atoms. The summed E-state index contributed by atoms with van der Waals surface area (Å²) in [4.78, 5) is 25.3. The predicted molar refractivity (Wildman–Crippen MR) is 120 cm³/mol. The number of rotatable bonds is 6. The third-order valence-electron chi connectivity index (χ3n) is 6.08. The summed E-state index contributed by atoms with van der Waals surface area (Å²) in [6, 6.07) is 0.970. The first kappa shape index (κ1) is 26.3. The van der Waals surface area contributed by atoms with Crippen LogP contribution in [0.1, 0.15) is 27.0 Å². The van der Waals surface area contributed by atoms with E-state index in [-0.39, 0.29) is 26.2 Å². The van der Waals surface area contributed by atoms with Gasteiger partial charge in [0.2, 0.25) is 0 Å². The van der Waals surface area contributed by atoms with Crippen molar-refractivity contribution in [3.8, 4) is 0 Å². The maximum atomic E-state index is 14.8. The first-order valence-corrected chi connectivity index (χ1v) is 11.6. The van der Waals surface area contributed by atoms with E-state index in [9.17, 15) is 36.6 Å². The third-order valence-corrected chi connectivity index (χ3v) is 6.83. The molecular formula is C23H20BrF5N2O5. The molecule has 0 bridgehead atoms. The molecule has 1 fully saturated rings. The fourth-order valence-corrected chi connectivity index (χ4v) is 4.76. The molecule has 2 aromatic rings. The maximum absolute atomic E-state index is 14.8. The Labute approximate surface area is 210 Å². The van der Waals surface area contributed by atoms with E-state index >= 15 is 0 Å². The number of benzene rings is 2. The Balaban J connectivity index is 1.56. The summed E-state index contributed by atoms with van der Waals surface area (Å²) in [7, 11) is 0. The average molecular weight is 579 g/mol. The van der Waals surface area contributed by atoms with Crippen LogP contribution in [0.3, 0.4) is 0 Å². The standard InChI is InChI=1S/C23H20BrF5N2O5/c24-15-2-1-11(13-8-36-9-14(13)15)5-18(22(33)34)30-21(32)20-16(25)6-12(7-17(20)26)31-3-4-35-10-19(31)23(27,28)29/h1-2,6-7,18-19H,3-5,8-10H2,(H,30,32)(H,33,34)/t18?,19-/m1/s1. The summed E-state index contributed by atoms with van der Waals surface area (Å²) in [6.07, 6.45) is -4.89. The zero-order valence-corrected chi connectivity index (χ0v) is 20.1. The Hall–Kier alpha value is -2.77. The number of ether oxygens (including phenoxy) is 2. The number of hydrogen-bond acceptors (Lipinski definition) is 5. The van der Waals surface area contributed by atoms with Gasteiger partial charge in [-0.15, -0.1) is 0 Å². The molecule has 0 radical (unpaired) electrons. The second-order valence-corrected chi connectivity index (χ2v) is 9.19. The number of alkyl halides is 3. The lowest BCUT2D eigenvalue weighted by atomic mass is 9.97. The Morgan fingerprint density at radius 3 is 2.44 bits per heavy atom. The molecule has 2 heterocycles. The molecule has 36 heavy (non-hydrogen) atoms. The first-order valence-electron chi connectivity index (χ1n) is 10.8. The van der Waals surface area contributed by atoms with E-state index < -0.39 is 59.6 Å². The molecule has 1 amide bonds. The van der Waals surface area contributed by atoms with E-state index in [1.54, 1.807) is 12.1 Å². The van der Waals surface area contributed by atoms with Crippen LogP contribution >= 0.6 is 15.9 Å². The van der Waals surface area contributed by atoms with Crippen LogP contribution in [0.4, 0.5) is 27.6 Å². The number of carbonyl (C=O) groups excluding carboxylic acids is 1. The summed E-state index contributed by atoms with van der Waals surface area (Å²) in [5, 5.41) is 11.7. The number of amides is 1. The molecule has 0 aromatic heterocycles. The number of carboxylic acid groups (broad SMARTS) is 1.